The lowest BCUT2D eigenvalue weighted by molar-refractivity contribution is -0.0829. The molecule has 0 radical (unpaired) electrons. The first-order valence-electron chi connectivity index (χ1n) is 4.53. The van der Waals surface area contributed by atoms with Gasteiger partial charge < -0.3 is 20.1 Å². The van der Waals surface area contributed by atoms with E-state index in [4.69, 9.17) is 10.5 Å². The molecule has 2 rings (SSSR count). The van der Waals surface area contributed by atoms with Crippen LogP contribution in [-0.2, 0) is 11.3 Å². The highest BCUT2D eigenvalue weighted by Gasteiger charge is 2.11. The van der Waals surface area contributed by atoms with Gasteiger partial charge >= 0.3 is 0 Å². The number of hydrogen-bond donors (Lipinski definition) is 3. The topological polar surface area (TPSA) is 119 Å². The Labute approximate surface area is 89.7 Å². The molecule has 2 heterocycles. The Morgan fingerprint density at radius 2 is 2.50 bits per heavy atom. The summed E-state index contributed by atoms with van der Waals surface area (Å²) in [5.41, 5.74) is 5.50. The molecule has 1 unspecified atom stereocenters. The fraction of sp³-hybridized carbons (Fsp3) is 0.375. The normalized spacial score (nSPS) is 13.1. The molecule has 0 aromatic carbocycles. The Hall–Kier alpha value is -1.93. The minimum absolute atomic E-state index is 0.00570. The highest BCUT2D eigenvalue weighted by Crippen LogP contribution is 2.07. The summed E-state index contributed by atoms with van der Waals surface area (Å²) in [5, 5.41) is 9.31. The number of aromatic amines is 1. The van der Waals surface area contributed by atoms with E-state index in [-0.39, 0.29) is 18.0 Å². The molecule has 16 heavy (non-hydrogen) atoms. The Bertz CT molecular complexity index is 560. The van der Waals surface area contributed by atoms with Gasteiger partial charge in [0.15, 0.2) is 17.5 Å². The zero-order chi connectivity index (χ0) is 11.7. The zero-order valence-electron chi connectivity index (χ0n) is 8.54. The first-order chi connectivity index (χ1) is 7.61. The molecule has 0 spiro atoms. The Kier molecular flexibility index (Phi) is 2.59. The second-order valence-electron chi connectivity index (χ2n) is 3.21. The van der Waals surface area contributed by atoms with Gasteiger partial charge in [0.25, 0.3) is 5.56 Å². The molecule has 0 aliphatic rings. The van der Waals surface area contributed by atoms with Crippen molar-refractivity contribution in [2.45, 2.75) is 12.8 Å². The number of fused-ring (bicyclic) bond motifs is 1. The summed E-state index contributed by atoms with van der Waals surface area (Å²) >= 11 is 0. The summed E-state index contributed by atoms with van der Waals surface area (Å²) in [5.74, 6) is 0.00570. The Morgan fingerprint density at radius 1 is 1.75 bits per heavy atom. The van der Waals surface area contributed by atoms with E-state index in [9.17, 15) is 9.90 Å². The second-order valence-corrected chi connectivity index (χ2v) is 3.21. The highest BCUT2D eigenvalue weighted by molar-refractivity contribution is 5.70. The van der Waals surface area contributed by atoms with E-state index < -0.39 is 11.8 Å². The van der Waals surface area contributed by atoms with Crippen molar-refractivity contribution in [3.8, 4) is 0 Å². The molecule has 8 nitrogen and oxygen atoms in total. The average Bonchev–Trinajstić information content (AvgIpc) is 2.61. The van der Waals surface area contributed by atoms with Crippen LogP contribution in [0.25, 0.3) is 11.2 Å². The molecule has 0 fully saturated rings. The van der Waals surface area contributed by atoms with Crippen LogP contribution < -0.4 is 11.3 Å². The predicted octanol–water partition coefficient (Wildman–Crippen LogP) is -1.33. The van der Waals surface area contributed by atoms with Crippen LogP contribution in [-0.4, -0.2) is 38.0 Å². The van der Waals surface area contributed by atoms with Crippen LogP contribution in [0.4, 0.5) is 5.95 Å². The lowest BCUT2D eigenvalue weighted by Gasteiger charge is -2.09. The Balaban J connectivity index is 2.51. The molecule has 1 atom stereocenters. The van der Waals surface area contributed by atoms with Crippen molar-refractivity contribution in [3.63, 3.8) is 0 Å². The third kappa shape index (κ3) is 1.75. The van der Waals surface area contributed by atoms with Crippen LogP contribution in [0.5, 0.6) is 0 Å². The van der Waals surface area contributed by atoms with Crippen LogP contribution in [0.1, 0.15) is 0 Å². The maximum absolute atomic E-state index is 11.4. The van der Waals surface area contributed by atoms with Crippen molar-refractivity contribution in [2.24, 2.45) is 0 Å². The largest absolute Gasteiger partial charge is 0.369 e. The smallest absolute Gasteiger partial charge is 0.280 e. The molecule has 0 saturated carbocycles. The molecule has 2 aromatic rings. The van der Waals surface area contributed by atoms with Crippen molar-refractivity contribution in [3.05, 3.63) is 16.7 Å². The summed E-state index contributed by atoms with van der Waals surface area (Å²) in [4.78, 5) is 21.6. The first kappa shape index (κ1) is 10.6. The van der Waals surface area contributed by atoms with Crippen molar-refractivity contribution < 1.29 is 9.84 Å². The van der Waals surface area contributed by atoms with Gasteiger partial charge in [-0.05, 0) is 0 Å². The number of ether oxygens (including phenoxy) is 1. The van der Waals surface area contributed by atoms with Crippen molar-refractivity contribution in [2.75, 3.05) is 12.8 Å². The monoisotopic (exact) mass is 225 g/mol. The molecule has 8 heteroatoms. The number of nitrogens with zero attached hydrogens (tertiary/aromatic N) is 3. The first-order valence-corrected chi connectivity index (χ1v) is 4.53. The lowest BCUT2D eigenvalue weighted by Crippen LogP contribution is -2.18. The molecular weight excluding hydrogens is 214 g/mol. The molecule has 0 bridgehead atoms. The van der Waals surface area contributed by atoms with E-state index in [2.05, 4.69) is 15.0 Å². The SMILES string of the molecule is COC(O)Cn1cnc2c(=O)[nH]c(N)nc21. The molecule has 86 valence electrons. The van der Waals surface area contributed by atoms with Crippen molar-refractivity contribution >= 4 is 17.1 Å². The fourth-order valence-electron chi connectivity index (χ4n) is 1.35. The van der Waals surface area contributed by atoms with Crippen LogP contribution in [0, 0.1) is 0 Å². The molecule has 0 aliphatic heterocycles. The Morgan fingerprint density at radius 3 is 3.19 bits per heavy atom. The predicted molar refractivity (Wildman–Crippen MR) is 55.6 cm³/mol. The number of aliphatic hydroxyl groups is 1. The third-order valence-corrected chi connectivity index (χ3v) is 2.12. The van der Waals surface area contributed by atoms with Crippen LogP contribution in [0.3, 0.4) is 0 Å². The fourth-order valence-corrected chi connectivity index (χ4v) is 1.35. The van der Waals surface area contributed by atoms with Gasteiger partial charge in [-0.2, -0.15) is 4.98 Å². The molecular formula is C8H11N5O3. The summed E-state index contributed by atoms with van der Waals surface area (Å²) in [6, 6.07) is 0. The van der Waals surface area contributed by atoms with Gasteiger partial charge in [0.1, 0.15) is 0 Å². The van der Waals surface area contributed by atoms with E-state index in [1.165, 1.54) is 18.0 Å². The van der Waals surface area contributed by atoms with E-state index >= 15 is 0 Å². The number of nitrogens with two attached hydrogens (primary N) is 1. The quantitative estimate of drug-likeness (QED) is 0.556. The number of methoxy groups -OCH3 is 1. The minimum atomic E-state index is -0.986. The summed E-state index contributed by atoms with van der Waals surface area (Å²) in [6.07, 6.45) is 0.411. The minimum Gasteiger partial charge on any atom is -0.369 e. The van der Waals surface area contributed by atoms with Crippen LogP contribution in [0.15, 0.2) is 11.1 Å². The van der Waals surface area contributed by atoms with E-state index in [0.29, 0.717) is 5.65 Å². The maximum atomic E-state index is 11.4. The lowest BCUT2D eigenvalue weighted by atomic mass is 10.5. The number of nitrogens with one attached hydrogen (secondary N) is 1. The maximum Gasteiger partial charge on any atom is 0.280 e. The van der Waals surface area contributed by atoms with E-state index in [0.717, 1.165) is 0 Å². The number of aromatic nitrogens is 4. The van der Waals surface area contributed by atoms with Gasteiger partial charge in [0, 0.05) is 7.11 Å². The second kappa shape index (κ2) is 3.91. The summed E-state index contributed by atoms with van der Waals surface area (Å²) in [6.45, 7) is 0.128. The van der Waals surface area contributed by atoms with Crippen LogP contribution in [0.2, 0.25) is 0 Å². The van der Waals surface area contributed by atoms with Gasteiger partial charge in [-0.25, -0.2) is 4.98 Å². The zero-order valence-corrected chi connectivity index (χ0v) is 8.54. The van der Waals surface area contributed by atoms with Gasteiger partial charge in [0.05, 0.1) is 12.9 Å². The van der Waals surface area contributed by atoms with Crippen LogP contribution >= 0.6 is 0 Å². The van der Waals surface area contributed by atoms with Crippen molar-refractivity contribution in [1.82, 2.24) is 19.5 Å². The average molecular weight is 225 g/mol. The summed E-state index contributed by atoms with van der Waals surface area (Å²) in [7, 11) is 1.37. The highest BCUT2D eigenvalue weighted by atomic mass is 16.6. The van der Waals surface area contributed by atoms with Gasteiger partial charge in [-0.15, -0.1) is 0 Å². The number of anilines is 1. The number of aliphatic hydroxyl groups excluding tert-OH is 1. The number of H-pyrrole nitrogens is 1. The van der Waals surface area contributed by atoms with E-state index in [1.54, 1.807) is 0 Å². The third-order valence-electron chi connectivity index (χ3n) is 2.12. The molecule has 0 amide bonds. The molecule has 4 N–H and O–H groups in total. The van der Waals surface area contributed by atoms with Crippen molar-refractivity contribution in [1.29, 1.82) is 0 Å². The number of nitrogen functional groups attached to an aromatic ring is 1. The molecule has 2 aromatic heterocycles. The van der Waals surface area contributed by atoms with Gasteiger partial charge in [-0.3, -0.25) is 9.78 Å². The van der Waals surface area contributed by atoms with Gasteiger partial charge in [-0.1, -0.05) is 0 Å². The number of rotatable bonds is 3. The summed E-state index contributed by atoms with van der Waals surface area (Å²) < 4.78 is 6.19. The van der Waals surface area contributed by atoms with E-state index in [1.807, 2.05) is 0 Å². The standard InChI is InChI=1S/C8H11N5O3/c1-16-4(14)2-13-3-10-5-6(13)11-8(9)12-7(5)15/h3-4,14H,2H2,1H3,(H3,9,11,12,15). The number of hydrogen-bond acceptors (Lipinski definition) is 6. The van der Waals surface area contributed by atoms with Gasteiger partial charge in [0.2, 0.25) is 5.95 Å². The number of imidazole rings is 1. The molecule has 0 saturated heterocycles. The molecule has 0 aliphatic carbocycles.